The highest BCUT2D eigenvalue weighted by Gasteiger charge is 2.27. The third-order valence-electron chi connectivity index (χ3n) is 4.09. The third kappa shape index (κ3) is 2.79. The fraction of sp³-hybridized carbons (Fsp3) is 0.333. The molecule has 1 aliphatic rings. The molecule has 21 heavy (non-hydrogen) atoms. The molecule has 2 unspecified atom stereocenters. The Morgan fingerprint density at radius 3 is 2.52 bits per heavy atom. The summed E-state index contributed by atoms with van der Waals surface area (Å²) in [6.07, 6.45) is 0.593. The van der Waals surface area contributed by atoms with Crippen LogP contribution < -0.4 is 10.5 Å². The summed E-state index contributed by atoms with van der Waals surface area (Å²) < 4.78 is 19.3. The number of benzene rings is 2. The van der Waals surface area contributed by atoms with Gasteiger partial charge in [0.15, 0.2) is 0 Å². The maximum Gasteiger partial charge on any atom is 0.127 e. The molecule has 0 saturated carbocycles. The van der Waals surface area contributed by atoms with Gasteiger partial charge in [-0.15, -0.1) is 0 Å². The predicted molar refractivity (Wildman–Crippen MR) is 81.8 cm³/mol. The number of rotatable bonds is 2. The Morgan fingerprint density at radius 2 is 1.86 bits per heavy atom. The zero-order valence-corrected chi connectivity index (χ0v) is 12.3. The van der Waals surface area contributed by atoms with Gasteiger partial charge in [0.1, 0.15) is 17.7 Å². The number of halogens is 1. The second-order valence-electron chi connectivity index (χ2n) is 5.95. The molecule has 3 heteroatoms. The Hall–Kier alpha value is -1.87. The minimum atomic E-state index is -0.295. The molecule has 0 spiro atoms. The number of hydrogen-bond acceptors (Lipinski definition) is 2. The standard InChI is InChI=1S/C18H20FNO/c1-11(2)12-3-5-13(6-4-12)17-10-16(20)15-8-7-14(19)9-18(15)21-17/h3-9,11,16-17H,10,20H2,1-2H3. The summed E-state index contributed by atoms with van der Waals surface area (Å²) in [5.41, 5.74) is 9.47. The van der Waals surface area contributed by atoms with E-state index in [1.807, 2.05) is 0 Å². The molecule has 1 aliphatic heterocycles. The van der Waals surface area contributed by atoms with Crippen LogP contribution in [0.4, 0.5) is 4.39 Å². The Morgan fingerprint density at radius 1 is 1.14 bits per heavy atom. The molecule has 0 saturated heterocycles. The second kappa shape index (κ2) is 5.49. The topological polar surface area (TPSA) is 35.2 Å². The van der Waals surface area contributed by atoms with E-state index in [9.17, 15) is 4.39 Å². The van der Waals surface area contributed by atoms with Crippen LogP contribution in [0.5, 0.6) is 5.75 Å². The number of fused-ring (bicyclic) bond motifs is 1. The third-order valence-corrected chi connectivity index (χ3v) is 4.09. The Balaban J connectivity index is 1.88. The maximum atomic E-state index is 13.4. The summed E-state index contributed by atoms with van der Waals surface area (Å²) in [4.78, 5) is 0. The normalized spacial score (nSPS) is 21.0. The van der Waals surface area contributed by atoms with Crippen LogP contribution in [-0.4, -0.2) is 0 Å². The molecule has 0 aromatic heterocycles. The molecule has 2 atom stereocenters. The molecule has 0 amide bonds. The van der Waals surface area contributed by atoms with Crippen molar-refractivity contribution in [1.29, 1.82) is 0 Å². The molecule has 0 fully saturated rings. The van der Waals surface area contributed by atoms with Gasteiger partial charge in [-0.2, -0.15) is 0 Å². The van der Waals surface area contributed by atoms with Crippen LogP contribution in [0, 0.1) is 5.82 Å². The Labute approximate surface area is 124 Å². The van der Waals surface area contributed by atoms with Gasteiger partial charge in [0.05, 0.1) is 0 Å². The first kappa shape index (κ1) is 14.1. The van der Waals surface area contributed by atoms with Crippen LogP contribution in [0.3, 0.4) is 0 Å². The SMILES string of the molecule is CC(C)c1ccc(C2CC(N)c3ccc(F)cc3O2)cc1. The van der Waals surface area contributed by atoms with Gasteiger partial charge in [-0.3, -0.25) is 0 Å². The number of hydrogen-bond donors (Lipinski definition) is 1. The van der Waals surface area contributed by atoms with Crippen LogP contribution in [0.2, 0.25) is 0 Å². The first-order valence-electron chi connectivity index (χ1n) is 7.36. The monoisotopic (exact) mass is 285 g/mol. The van der Waals surface area contributed by atoms with Crippen molar-refractivity contribution in [3.05, 3.63) is 65.0 Å². The molecule has 110 valence electrons. The fourth-order valence-corrected chi connectivity index (χ4v) is 2.78. The molecular weight excluding hydrogens is 265 g/mol. The molecule has 0 bridgehead atoms. The fourth-order valence-electron chi connectivity index (χ4n) is 2.78. The van der Waals surface area contributed by atoms with E-state index in [4.69, 9.17) is 10.5 Å². The highest BCUT2D eigenvalue weighted by molar-refractivity contribution is 5.40. The summed E-state index contributed by atoms with van der Waals surface area (Å²) >= 11 is 0. The van der Waals surface area contributed by atoms with Crippen LogP contribution in [-0.2, 0) is 0 Å². The second-order valence-corrected chi connectivity index (χ2v) is 5.95. The molecule has 0 radical (unpaired) electrons. The van der Waals surface area contributed by atoms with Crippen molar-refractivity contribution in [1.82, 2.24) is 0 Å². The van der Waals surface area contributed by atoms with Crippen molar-refractivity contribution in [2.24, 2.45) is 5.73 Å². The molecule has 2 aromatic rings. The lowest BCUT2D eigenvalue weighted by Gasteiger charge is -2.30. The number of nitrogens with two attached hydrogens (primary N) is 1. The lowest BCUT2D eigenvalue weighted by Crippen LogP contribution is -2.24. The molecule has 1 heterocycles. The van der Waals surface area contributed by atoms with Gasteiger partial charge in [-0.25, -0.2) is 4.39 Å². The van der Waals surface area contributed by atoms with E-state index in [1.165, 1.54) is 17.7 Å². The van der Waals surface area contributed by atoms with Crippen molar-refractivity contribution >= 4 is 0 Å². The minimum Gasteiger partial charge on any atom is -0.485 e. The lowest BCUT2D eigenvalue weighted by molar-refractivity contribution is 0.160. The van der Waals surface area contributed by atoms with Gasteiger partial charge in [-0.05, 0) is 23.1 Å². The van der Waals surface area contributed by atoms with Gasteiger partial charge in [0.25, 0.3) is 0 Å². The molecule has 2 N–H and O–H groups in total. The van der Waals surface area contributed by atoms with Crippen molar-refractivity contribution < 1.29 is 9.13 Å². The number of ether oxygens (including phenoxy) is 1. The van der Waals surface area contributed by atoms with Crippen molar-refractivity contribution in [2.75, 3.05) is 0 Å². The first-order valence-corrected chi connectivity index (χ1v) is 7.36. The minimum absolute atomic E-state index is 0.115. The van der Waals surface area contributed by atoms with E-state index in [-0.39, 0.29) is 18.0 Å². The predicted octanol–water partition coefficient (Wildman–Crippen LogP) is 4.47. The van der Waals surface area contributed by atoms with Crippen molar-refractivity contribution in [3.8, 4) is 5.75 Å². The molecule has 2 aromatic carbocycles. The van der Waals surface area contributed by atoms with Gasteiger partial charge in [0.2, 0.25) is 0 Å². The largest absolute Gasteiger partial charge is 0.485 e. The summed E-state index contributed by atoms with van der Waals surface area (Å²) in [6, 6.07) is 12.8. The lowest BCUT2D eigenvalue weighted by atomic mass is 9.92. The zero-order valence-electron chi connectivity index (χ0n) is 12.3. The van der Waals surface area contributed by atoms with E-state index >= 15 is 0 Å². The van der Waals surface area contributed by atoms with Gasteiger partial charge >= 0.3 is 0 Å². The Kier molecular flexibility index (Phi) is 3.68. The average molecular weight is 285 g/mol. The molecular formula is C18H20FNO. The summed E-state index contributed by atoms with van der Waals surface area (Å²) in [7, 11) is 0. The van der Waals surface area contributed by atoms with Gasteiger partial charge in [-0.1, -0.05) is 44.2 Å². The smallest absolute Gasteiger partial charge is 0.127 e. The van der Waals surface area contributed by atoms with Crippen LogP contribution in [0.1, 0.15) is 55.0 Å². The van der Waals surface area contributed by atoms with Gasteiger partial charge in [0, 0.05) is 24.1 Å². The van der Waals surface area contributed by atoms with Crippen LogP contribution >= 0.6 is 0 Å². The zero-order chi connectivity index (χ0) is 15.0. The highest BCUT2D eigenvalue weighted by Crippen LogP contribution is 2.40. The van der Waals surface area contributed by atoms with E-state index in [0.29, 0.717) is 18.1 Å². The van der Waals surface area contributed by atoms with E-state index < -0.39 is 0 Å². The summed E-state index contributed by atoms with van der Waals surface area (Å²) in [6.45, 7) is 4.34. The van der Waals surface area contributed by atoms with Gasteiger partial charge < -0.3 is 10.5 Å². The summed E-state index contributed by atoms with van der Waals surface area (Å²) in [5.74, 6) is 0.770. The van der Waals surface area contributed by atoms with E-state index in [0.717, 1.165) is 11.1 Å². The quantitative estimate of drug-likeness (QED) is 0.883. The average Bonchev–Trinajstić information content (AvgIpc) is 2.46. The maximum absolute atomic E-state index is 13.4. The van der Waals surface area contributed by atoms with E-state index in [2.05, 4.69) is 38.1 Å². The summed E-state index contributed by atoms with van der Waals surface area (Å²) in [5, 5.41) is 0. The molecule has 0 aliphatic carbocycles. The molecule has 3 rings (SSSR count). The molecule has 2 nitrogen and oxygen atoms in total. The Bertz CT molecular complexity index is 636. The van der Waals surface area contributed by atoms with E-state index in [1.54, 1.807) is 6.07 Å². The highest BCUT2D eigenvalue weighted by atomic mass is 19.1. The first-order chi connectivity index (χ1) is 10.0. The van der Waals surface area contributed by atoms with Crippen LogP contribution in [0.25, 0.3) is 0 Å². The van der Waals surface area contributed by atoms with Crippen molar-refractivity contribution in [3.63, 3.8) is 0 Å². The van der Waals surface area contributed by atoms with Crippen LogP contribution in [0.15, 0.2) is 42.5 Å². The van der Waals surface area contributed by atoms with Crippen molar-refractivity contribution in [2.45, 2.75) is 38.3 Å².